The molecule has 0 bridgehead atoms. The summed E-state index contributed by atoms with van der Waals surface area (Å²) < 4.78 is 7.19. The minimum Gasteiger partial charge on any atom is -0.393 e. The Balaban J connectivity index is 1.33. The van der Waals surface area contributed by atoms with Crippen LogP contribution >= 0.6 is 0 Å². The molecule has 6 aliphatic rings. The number of likely N-dealkylation sites (tertiary alicyclic amines) is 1. The fourth-order valence-corrected chi connectivity index (χ4v) is 9.89. The molecule has 3 N–H and O–H groups in total. The number of ether oxygens (including phenoxy) is 1. The normalized spacial score (nSPS) is 51.8. The minimum atomic E-state index is -0.122. The maximum atomic E-state index is 10.3. The van der Waals surface area contributed by atoms with Crippen molar-refractivity contribution < 1.29 is 9.84 Å². The molecule has 0 unspecified atom stereocenters. The Hall–Kier alpha value is -0.680. The molecule has 4 heteroatoms. The summed E-state index contributed by atoms with van der Waals surface area (Å²) in [7, 11) is 0. The molecule has 0 aromatic heterocycles. The van der Waals surface area contributed by atoms with E-state index in [9.17, 15) is 5.11 Å². The van der Waals surface area contributed by atoms with E-state index in [1.165, 1.54) is 38.6 Å². The first-order valence-electron chi connectivity index (χ1n) is 14.0. The Morgan fingerprint density at radius 3 is 2.82 bits per heavy atom. The number of aliphatic hydroxyl groups is 1. The van der Waals surface area contributed by atoms with Gasteiger partial charge in [-0.2, -0.15) is 0 Å². The summed E-state index contributed by atoms with van der Waals surface area (Å²) in [5, 5.41) is 10.3. The molecule has 10 atom stereocenters. The second-order valence-corrected chi connectivity index (χ2v) is 13.0. The molecule has 1 spiro atoms. The first-order valence-corrected chi connectivity index (χ1v) is 14.0. The first-order chi connectivity index (χ1) is 15.8. The maximum Gasteiger partial charge on any atom is 0.0937 e. The molecule has 2 saturated heterocycles. The fraction of sp³-hybridized carbons (Fsp3) is 0.862. The van der Waals surface area contributed by atoms with Crippen molar-refractivity contribution in [2.75, 3.05) is 19.6 Å². The SMILES string of the molecule is CC1=C2C[C@@H]3[C@H](CC=C4C[C@H](O)CC[C@]43C)[C@H]2CC[C@@]12O[C@H]1C[C@@H](C)CN(CCN)[C@@H]1[C@@H]2C. The number of fused-ring (bicyclic) bond motifs is 6. The van der Waals surface area contributed by atoms with Crippen LogP contribution in [0, 0.1) is 35.0 Å². The lowest BCUT2D eigenvalue weighted by molar-refractivity contribution is -0.0645. The van der Waals surface area contributed by atoms with Crippen LogP contribution in [0.5, 0.6) is 0 Å². The fourth-order valence-electron chi connectivity index (χ4n) is 9.89. The maximum absolute atomic E-state index is 10.3. The molecule has 0 aromatic rings. The van der Waals surface area contributed by atoms with Crippen molar-refractivity contribution in [3.8, 4) is 0 Å². The lowest BCUT2D eigenvalue weighted by atomic mass is 9.56. The largest absolute Gasteiger partial charge is 0.393 e. The highest BCUT2D eigenvalue weighted by Gasteiger charge is 2.61. The van der Waals surface area contributed by atoms with Crippen LogP contribution in [0.1, 0.15) is 79.1 Å². The zero-order valence-electron chi connectivity index (χ0n) is 21.4. The molecule has 4 fully saturated rings. The smallest absolute Gasteiger partial charge is 0.0937 e. The number of rotatable bonds is 2. The van der Waals surface area contributed by atoms with Gasteiger partial charge in [-0.3, -0.25) is 4.90 Å². The lowest BCUT2D eigenvalue weighted by Gasteiger charge is -2.49. The van der Waals surface area contributed by atoms with E-state index in [2.05, 4.69) is 38.7 Å². The van der Waals surface area contributed by atoms with Crippen molar-refractivity contribution in [2.45, 2.75) is 103 Å². The van der Waals surface area contributed by atoms with Crippen LogP contribution in [-0.4, -0.2) is 53.5 Å². The van der Waals surface area contributed by atoms with Crippen LogP contribution in [0.3, 0.4) is 0 Å². The van der Waals surface area contributed by atoms with Gasteiger partial charge >= 0.3 is 0 Å². The monoisotopic (exact) mass is 454 g/mol. The van der Waals surface area contributed by atoms with Gasteiger partial charge in [0.05, 0.1) is 17.8 Å². The van der Waals surface area contributed by atoms with Crippen molar-refractivity contribution in [3.63, 3.8) is 0 Å². The van der Waals surface area contributed by atoms with Gasteiger partial charge in [-0.25, -0.2) is 0 Å². The summed E-state index contributed by atoms with van der Waals surface area (Å²) in [4.78, 5) is 2.67. The van der Waals surface area contributed by atoms with E-state index in [0.29, 0.717) is 29.4 Å². The molecule has 2 saturated carbocycles. The predicted octanol–water partition coefficient (Wildman–Crippen LogP) is 4.67. The van der Waals surface area contributed by atoms with Gasteiger partial charge in [0.2, 0.25) is 0 Å². The van der Waals surface area contributed by atoms with Gasteiger partial charge in [0.15, 0.2) is 0 Å². The van der Waals surface area contributed by atoms with E-state index in [4.69, 9.17) is 10.5 Å². The average molecular weight is 455 g/mol. The van der Waals surface area contributed by atoms with E-state index >= 15 is 0 Å². The summed E-state index contributed by atoms with van der Waals surface area (Å²) in [6.07, 6.45) is 12.0. The highest BCUT2D eigenvalue weighted by Crippen LogP contribution is 2.65. The third-order valence-corrected chi connectivity index (χ3v) is 11.5. The number of nitrogens with two attached hydrogens (primary N) is 1. The Morgan fingerprint density at radius 1 is 1.21 bits per heavy atom. The zero-order valence-corrected chi connectivity index (χ0v) is 21.4. The number of aliphatic hydroxyl groups excluding tert-OH is 1. The van der Waals surface area contributed by atoms with Gasteiger partial charge in [-0.15, -0.1) is 0 Å². The molecule has 4 aliphatic carbocycles. The van der Waals surface area contributed by atoms with Crippen molar-refractivity contribution in [3.05, 3.63) is 22.8 Å². The molecule has 0 amide bonds. The molecular weight excluding hydrogens is 408 g/mol. The van der Waals surface area contributed by atoms with Crippen LogP contribution in [-0.2, 0) is 4.74 Å². The van der Waals surface area contributed by atoms with Gasteiger partial charge < -0.3 is 15.6 Å². The number of hydrogen-bond acceptors (Lipinski definition) is 4. The number of nitrogens with zero attached hydrogens (tertiary/aromatic N) is 1. The standard InChI is InChI=1S/C29H46N2O2/c1-17-13-26-27(31(16-17)12-11-30)19(3)29(33-26)10-8-22-23-6-5-20-14-21(32)7-9-28(20,4)25(23)15-24(22)18(29)2/h5,17,19,21-23,25-27,32H,6-16,30H2,1-4H3/t17-,19+,21-,22-,23-,25-,26+,27-,28-,29-/m1/s1. The molecular formula is C29H46N2O2. The molecule has 2 heterocycles. The molecule has 33 heavy (non-hydrogen) atoms. The Kier molecular flexibility index (Phi) is 5.46. The summed E-state index contributed by atoms with van der Waals surface area (Å²) in [5.74, 6) is 3.52. The van der Waals surface area contributed by atoms with Gasteiger partial charge in [-0.05, 0) is 93.0 Å². The summed E-state index contributed by atoms with van der Waals surface area (Å²) >= 11 is 0. The lowest BCUT2D eigenvalue weighted by Crippen LogP contribution is -2.53. The third-order valence-electron chi connectivity index (χ3n) is 11.5. The zero-order chi connectivity index (χ0) is 23.1. The van der Waals surface area contributed by atoms with Crippen LogP contribution < -0.4 is 5.73 Å². The molecule has 2 aliphatic heterocycles. The number of allylic oxidation sites excluding steroid dienone is 2. The van der Waals surface area contributed by atoms with E-state index in [0.717, 1.165) is 50.1 Å². The minimum absolute atomic E-state index is 0.0640. The highest BCUT2D eigenvalue weighted by molar-refractivity contribution is 5.38. The summed E-state index contributed by atoms with van der Waals surface area (Å²) in [5.41, 5.74) is 11.2. The van der Waals surface area contributed by atoms with Gasteiger partial charge in [0.25, 0.3) is 0 Å². The van der Waals surface area contributed by atoms with Gasteiger partial charge in [-0.1, -0.05) is 38.0 Å². The first kappa shape index (κ1) is 22.8. The number of piperidine rings is 1. The highest BCUT2D eigenvalue weighted by atomic mass is 16.5. The Labute approximate surface area is 201 Å². The van der Waals surface area contributed by atoms with Crippen molar-refractivity contribution in [1.29, 1.82) is 0 Å². The summed E-state index contributed by atoms with van der Waals surface area (Å²) in [6, 6.07) is 0.520. The van der Waals surface area contributed by atoms with Crippen LogP contribution in [0.4, 0.5) is 0 Å². The van der Waals surface area contributed by atoms with Crippen molar-refractivity contribution >= 4 is 0 Å². The second-order valence-electron chi connectivity index (χ2n) is 13.0. The second kappa shape index (κ2) is 7.91. The van der Waals surface area contributed by atoms with E-state index in [1.807, 2.05) is 0 Å². The van der Waals surface area contributed by atoms with E-state index in [1.54, 1.807) is 16.7 Å². The third kappa shape index (κ3) is 3.16. The van der Waals surface area contributed by atoms with Crippen LogP contribution in [0.2, 0.25) is 0 Å². The van der Waals surface area contributed by atoms with Crippen molar-refractivity contribution in [1.82, 2.24) is 4.90 Å². The predicted molar refractivity (Wildman–Crippen MR) is 133 cm³/mol. The number of hydrogen-bond donors (Lipinski definition) is 2. The molecule has 0 radical (unpaired) electrons. The topological polar surface area (TPSA) is 58.7 Å². The van der Waals surface area contributed by atoms with Gasteiger partial charge in [0.1, 0.15) is 0 Å². The van der Waals surface area contributed by atoms with E-state index in [-0.39, 0.29) is 11.7 Å². The van der Waals surface area contributed by atoms with E-state index < -0.39 is 0 Å². The molecule has 184 valence electrons. The quantitative estimate of drug-likeness (QED) is 0.595. The van der Waals surface area contributed by atoms with Crippen molar-refractivity contribution in [2.24, 2.45) is 40.7 Å². The molecule has 4 nitrogen and oxygen atoms in total. The van der Waals surface area contributed by atoms with Gasteiger partial charge in [0, 0.05) is 31.6 Å². The van der Waals surface area contributed by atoms with Crippen LogP contribution in [0.25, 0.3) is 0 Å². The summed E-state index contributed by atoms with van der Waals surface area (Å²) in [6.45, 7) is 12.8. The molecule has 6 rings (SSSR count). The average Bonchev–Trinajstić information content (AvgIpc) is 3.29. The Morgan fingerprint density at radius 2 is 2.03 bits per heavy atom. The Bertz CT molecular complexity index is 866. The van der Waals surface area contributed by atoms with Crippen LogP contribution in [0.15, 0.2) is 22.8 Å². The molecule has 0 aromatic carbocycles.